The van der Waals surface area contributed by atoms with Crippen LogP contribution in [0.1, 0.15) is 41.4 Å². The molecule has 0 saturated carbocycles. The van der Waals surface area contributed by atoms with Crippen molar-refractivity contribution in [2.75, 3.05) is 6.54 Å². The van der Waals surface area contributed by atoms with Crippen molar-refractivity contribution in [2.45, 2.75) is 33.5 Å². The minimum Gasteiger partial charge on any atom is -0.447 e. The number of nitrogens with one attached hydrogen (secondary N) is 1. The zero-order valence-electron chi connectivity index (χ0n) is 16.8. The number of hydrogen-bond acceptors (Lipinski definition) is 4. The maximum atomic E-state index is 12.2. The first-order valence-corrected chi connectivity index (χ1v) is 10.1. The number of carbonyl (C=O) groups is 1. The van der Waals surface area contributed by atoms with E-state index >= 15 is 0 Å². The van der Waals surface area contributed by atoms with E-state index in [9.17, 15) is 4.79 Å². The molecule has 3 aromatic rings. The first-order valence-electron chi connectivity index (χ1n) is 9.73. The molecule has 0 fully saturated rings. The van der Waals surface area contributed by atoms with E-state index in [1.54, 1.807) is 0 Å². The Bertz CT molecular complexity index is 925. The number of halogens is 1. The first kappa shape index (κ1) is 21.1. The molecule has 0 spiro atoms. The Morgan fingerprint density at radius 2 is 1.79 bits per heavy atom. The summed E-state index contributed by atoms with van der Waals surface area (Å²) in [5, 5.41) is 3.59. The Kier molecular flexibility index (Phi) is 7.44. The predicted octanol–water partition coefficient (Wildman–Crippen LogP) is 4.92. The second-order valence-electron chi connectivity index (χ2n) is 7.45. The number of rotatable bonds is 9. The van der Waals surface area contributed by atoms with Gasteiger partial charge in [0.25, 0.3) is 5.91 Å². The lowest BCUT2D eigenvalue weighted by molar-refractivity contribution is 0.0944. The molecule has 0 aliphatic heterocycles. The molecule has 6 heteroatoms. The van der Waals surface area contributed by atoms with E-state index in [4.69, 9.17) is 16.0 Å². The van der Waals surface area contributed by atoms with Crippen molar-refractivity contribution in [1.29, 1.82) is 0 Å². The van der Waals surface area contributed by atoms with E-state index in [-0.39, 0.29) is 5.91 Å². The predicted molar refractivity (Wildman–Crippen MR) is 115 cm³/mol. The van der Waals surface area contributed by atoms with Crippen LogP contribution in [-0.2, 0) is 19.6 Å². The highest BCUT2D eigenvalue weighted by Crippen LogP contribution is 2.20. The van der Waals surface area contributed by atoms with Gasteiger partial charge in [-0.3, -0.25) is 9.69 Å². The van der Waals surface area contributed by atoms with Gasteiger partial charge in [-0.05, 0) is 23.1 Å². The van der Waals surface area contributed by atoms with Crippen LogP contribution in [0.25, 0.3) is 0 Å². The van der Waals surface area contributed by atoms with Crippen LogP contribution in [0.4, 0.5) is 0 Å². The molecule has 1 aromatic heterocycles. The number of carbonyl (C=O) groups excluding carboxylic acids is 1. The van der Waals surface area contributed by atoms with Crippen LogP contribution in [0.15, 0.2) is 65.3 Å². The molecular weight excluding hydrogens is 386 g/mol. The third kappa shape index (κ3) is 6.44. The maximum Gasteiger partial charge on any atom is 0.273 e. The zero-order chi connectivity index (χ0) is 20.6. The third-order valence-electron chi connectivity index (χ3n) is 4.41. The molecule has 0 atom stereocenters. The molecule has 0 saturated heterocycles. The maximum absolute atomic E-state index is 12.2. The van der Waals surface area contributed by atoms with Gasteiger partial charge >= 0.3 is 0 Å². The van der Waals surface area contributed by atoms with Crippen LogP contribution in [0.2, 0.25) is 5.02 Å². The zero-order valence-corrected chi connectivity index (χ0v) is 17.5. The number of hydrogen-bond donors (Lipinski definition) is 1. The highest BCUT2D eigenvalue weighted by molar-refractivity contribution is 6.31. The Balaban J connectivity index is 1.73. The summed E-state index contributed by atoms with van der Waals surface area (Å²) < 4.78 is 5.58. The number of oxazole rings is 1. The van der Waals surface area contributed by atoms with Gasteiger partial charge in [0, 0.05) is 24.7 Å². The van der Waals surface area contributed by atoms with Crippen LogP contribution in [0, 0.1) is 5.92 Å². The summed E-state index contributed by atoms with van der Waals surface area (Å²) in [5.41, 5.74) is 2.52. The topological polar surface area (TPSA) is 58.4 Å². The average molecular weight is 412 g/mol. The average Bonchev–Trinajstić information content (AvgIpc) is 3.17. The summed E-state index contributed by atoms with van der Waals surface area (Å²) in [6.45, 7) is 6.52. The third-order valence-corrected chi connectivity index (χ3v) is 4.78. The second-order valence-corrected chi connectivity index (χ2v) is 7.86. The normalized spacial score (nSPS) is 11.2. The molecule has 0 unspecified atom stereocenters. The van der Waals surface area contributed by atoms with Crippen molar-refractivity contribution >= 4 is 17.5 Å². The van der Waals surface area contributed by atoms with Crippen LogP contribution in [0.5, 0.6) is 0 Å². The molecule has 1 heterocycles. The Morgan fingerprint density at radius 3 is 2.52 bits per heavy atom. The van der Waals surface area contributed by atoms with Crippen molar-refractivity contribution < 1.29 is 9.21 Å². The number of aromatic nitrogens is 1. The molecule has 2 aromatic carbocycles. The van der Waals surface area contributed by atoms with Crippen molar-refractivity contribution in [3.05, 3.63) is 88.6 Å². The molecular formula is C23H26ClN3O2. The van der Waals surface area contributed by atoms with Crippen molar-refractivity contribution in [2.24, 2.45) is 5.92 Å². The van der Waals surface area contributed by atoms with Crippen LogP contribution in [0.3, 0.4) is 0 Å². The van der Waals surface area contributed by atoms with Gasteiger partial charge in [-0.2, -0.15) is 0 Å². The first-order chi connectivity index (χ1) is 14.0. The smallest absolute Gasteiger partial charge is 0.273 e. The van der Waals surface area contributed by atoms with Gasteiger partial charge in [-0.25, -0.2) is 4.98 Å². The number of amides is 1. The standard InChI is InChI=1S/C23H26ClN3O2/c1-17(2)12-25-23(28)21-16-29-22(26-21)15-27(13-18-8-4-3-5-9-18)14-19-10-6-7-11-20(19)24/h3-11,16-17H,12-15H2,1-2H3,(H,25,28). The molecule has 1 N–H and O–H groups in total. The molecule has 0 bridgehead atoms. The van der Waals surface area contributed by atoms with Gasteiger partial charge in [-0.1, -0.05) is 74.0 Å². The summed E-state index contributed by atoms with van der Waals surface area (Å²) in [7, 11) is 0. The fraction of sp³-hybridized carbons (Fsp3) is 0.304. The highest BCUT2D eigenvalue weighted by Gasteiger charge is 2.16. The van der Waals surface area contributed by atoms with Gasteiger partial charge in [0.2, 0.25) is 5.89 Å². The van der Waals surface area contributed by atoms with Gasteiger partial charge in [-0.15, -0.1) is 0 Å². The molecule has 152 valence electrons. The summed E-state index contributed by atoms with van der Waals surface area (Å²) in [4.78, 5) is 18.8. The SMILES string of the molecule is CC(C)CNC(=O)c1coc(CN(Cc2ccccc2)Cc2ccccc2Cl)n1. The van der Waals surface area contributed by atoms with Gasteiger partial charge < -0.3 is 9.73 Å². The van der Waals surface area contributed by atoms with Gasteiger partial charge in [0.1, 0.15) is 6.26 Å². The summed E-state index contributed by atoms with van der Waals surface area (Å²) in [6.07, 6.45) is 1.42. The molecule has 0 aliphatic carbocycles. The molecule has 1 amide bonds. The van der Waals surface area contributed by atoms with E-state index < -0.39 is 0 Å². The molecule has 0 radical (unpaired) electrons. The van der Waals surface area contributed by atoms with E-state index in [2.05, 4.69) is 27.3 Å². The van der Waals surface area contributed by atoms with Gasteiger partial charge in [0.15, 0.2) is 5.69 Å². The largest absolute Gasteiger partial charge is 0.447 e. The fourth-order valence-electron chi connectivity index (χ4n) is 2.94. The van der Waals surface area contributed by atoms with E-state index in [0.29, 0.717) is 43.7 Å². The minimum atomic E-state index is -0.214. The summed E-state index contributed by atoms with van der Waals surface area (Å²) >= 11 is 6.36. The van der Waals surface area contributed by atoms with Crippen molar-refractivity contribution in [1.82, 2.24) is 15.2 Å². The van der Waals surface area contributed by atoms with Crippen molar-refractivity contribution in [3.8, 4) is 0 Å². The van der Waals surface area contributed by atoms with Crippen molar-refractivity contribution in [3.63, 3.8) is 0 Å². The highest BCUT2D eigenvalue weighted by atomic mass is 35.5. The Hall–Kier alpha value is -2.63. The molecule has 0 aliphatic rings. The van der Waals surface area contributed by atoms with Crippen LogP contribution < -0.4 is 5.32 Å². The fourth-order valence-corrected chi connectivity index (χ4v) is 3.14. The number of benzene rings is 2. The monoisotopic (exact) mass is 411 g/mol. The van der Waals surface area contributed by atoms with Crippen LogP contribution in [-0.4, -0.2) is 22.3 Å². The second kappa shape index (κ2) is 10.2. The van der Waals surface area contributed by atoms with E-state index in [1.165, 1.54) is 11.8 Å². The van der Waals surface area contributed by atoms with E-state index in [0.717, 1.165) is 10.6 Å². The minimum absolute atomic E-state index is 0.214. The molecule has 5 nitrogen and oxygen atoms in total. The van der Waals surface area contributed by atoms with E-state index in [1.807, 2.05) is 56.3 Å². The summed E-state index contributed by atoms with van der Waals surface area (Å²) in [5.74, 6) is 0.666. The Morgan fingerprint density at radius 1 is 1.07 bits per heavy atom. The summed E-state index contributed by atoms with van der Waals surface area (Å²) in [6, 6.07) is 18.0. The molecule has 3 rings (SSSR count). The quantitative estimate of drug-likeness (QED) is 0.543. The van der Waals surface area contributed by atoms with Crippen LogP contribution >= 0.6 is 11.6 Å². The number of nitrogens with zero attached hydrogens (tertiary/aromatic N) is 2. The van der Waals surface area contributed by atoms with Gasteiger partial charge in [0.05, 0.1) is 6.54 Å². The lowest BCUT2D eigenvalue weighted by Gasteiger charge is -2.21. The molecule has 29 heavy (non-hydrogen) atoms. The Labute approximate surface area is 176 Å². The lowest BCUT2D eigenvalue weighted by Crippen LogP contribution is -2.27. The lowest BCUT2D eigenvalue weighted by atomic mass is 10.1.